The molecule has 1 N–H and O–H groups in total. The van der Waals surface area contributed by atoms with Crippen LogP contribution in [0.4, 0.5) is 4.79 Å². The molecule has 0 saturated carbocycles. The van der Waals surface area contributed by atoms with Crippen molar-refractivity contribution in [1.82, 2.24) is 5.32 Å². The summed E-state index contributed by atoms with van der Waals surface area (Å²) in [7, 11) is 1.28. The fraction of sp³-hybridized carbons (Fsp3) is 0.677. The molecule has 4 atom stereocenters. The largest absolute Gasteiger partial charge is 0.508 e. The summed E-state index contributed by atoms with van der Waals surface area (Å²) in [5.41, 5.74) is 0.643. The fourth-order valence-electron chi connectivity index (χ4n) is 3.70. The number of carbonyl (C=O) groups is 4. The van der Waals surface area contributed by atoms with Crippen LogP contribution in [-0.4, -0.2) is 56.5 Å². The van der Waals surface area contributed by atoms with Crippen molar-refractivity contribution in [2.75, 3.05) is 20.3 Å². The zero-order valence-corrected chi connectivity index (χ0v) is 25.8. The van der Waals surface area contributed by atoms with Gasteiger partial charge in [-0.3, -0.25) is 14.4 Å². The molecule has 0 heterocycles. The van der Waals surface area contributed by atoms with Crippen LogP contribution in [-0.2, 0) is 35.0 Å². The lowest BCUT2D eigenvalue weighted by atomic mass is 10.0. The van der Waals surface area contributed by atoms with Crippen molar-refractivity contribution in [3.05, 3.63) is 23.8 Å². The molecule has 1 rings (SSSR count). The molecular formula is C31H49NO9. The summed E-state index contributed by atoms with van der Waals surface area (Å²) in [5, 5.41) is 3.07. The summed E-state index contributed by atoms with van der Waals surface area (Å²) in [5.74, 6) is -0.837. The van der Waals surface area contributed by atoms with Gasteiger partial charge in [0.1, 0.15) is 12.1 Å². The highest BCUT2D eigenvalue weighted by atomic mass is 16.7. The first-order valence-electron chi connectivity index (χ1n) is 14.7. The Morgan fingerprint density at radius 1 is 0.854 bits per heavy atom. The van der Waals surface area contributed by atoms with Crippen molar-refractivity contribution < 1.29 is 42.9 Å². The van der Waals surface area contributed by atoms with Crippen molar-refractivity contribution in [2.45, 2.75) is 105 Å². The third kappa shape index (κ3) is 14.9. The number of hydrogen-bond donors (Lipinski definition) is 1. The zero-order valence-electron chi connectivity index (χ0n) is 25.8. The average molecular weight is 580 g/mol. The lowest BCUT2D eigenvalue weighted by Gasteiger charge is -2.20. The molecule has 0 fully saturated rings. The Morgan fingerprint density at radius 2 is 1.46 bits per heavy atom. The van der Waals surface area contributed by atoms with Crippen LogP contribution in [0, 0.1) is 11.8 Å². The van der Waals surface area contributed by atoms with Crippen LogP contribution in [0.1, 0.15) is 92.1 Å². The van der Waals surface area contributed by atoms with Crippen molar-refractivity contribution in [3.8, 4) is 11.5 Å². The van der Waals surface area contributed by atoms with E-state index in [0.29, 0.717) is 12.2 Å². The van der Waals surface area contributed by atoms with Crippen molar-refractivity contribution in [1.29, 1.82) is 0 Å². The Morgan fingerprint density at radius 3 is 2.02 bits per heavy atom. The molecule has 1 aromatic rings. The van der Waals surface area contributed by atoms with Crippen LogP contribution in [0.15, 0.2) is 18.2 Å². The third-order valence-corrected chi connectivity index (χ3v) is 6.72. The maximum atomic E-state index is 12.6. The van der Waals surface area contributed by atoms with Crippen LogP contribution in [0.3, 0.4) is 0 Å². The van der Waals surface area contributed by atoms with Gasteiger partial charge in [0.25, 0.3) is 0 Å². The number of benzene rings is 1. The minimum absolute atomic E-state index is 0.111. The smallest absolute Gasteiger partial charge is 0.468 e. The van der Waals surface area contributed by atoms with Gasteiger partial charge in [0.15, 0.2) is 11.5 Å². The molecule has 0 aliphatic heterocycles. The second kappa shape index (κ2) is 19.9. The first-order chi connectivity index (χ1) is 19.5. The van der Waals surface area contributed by atoms with E-state index < -0.39 is 36.2 Å². The minimum Gasteiger partial charge on any atom is -0.468 e. The molecule has 0 amide bonds. The molecule has 1 aromatic carbocycles. The summed E-state index contributed by atoms with van der Waals surface area (Å²) in [6.45, 7) is 12.1. The lowest BCUT2D eigenvalue weighted by Crippen LogP contribution is -2.43. The lowest BCUT2D eigenvalue weighted by molar-refractivity contribution is -0.143. The molecule has 0 aliphatic rings. The van der Waals surface area contributed by atoms with Crippen molar-refractivity contribution >= 4 is 24.1 Å². The maximum absolute atomic E-state index is 12.6. The molecule has 0 saturated heterocycles. The van der Waals surface area contributed by atoms with Gasteiger partial charge >= 0.3 is 24.1 Å². The molecule has 0 aromatic heterocycles. The third-order valence-electron chi connectivity index (χ3n) is 6.72. The summed E-state index contributed by atoms with van der Waals surface area (Å²) in [4.78, 5) is 49.5. The van der Waals surface area contributed by atoms with Gasteiger partial charge in [0.2, 0.25) is 0 Å². The van der Waals surface area contributed by atoms with E-state index in [1.54, 1.807) is 25.1 Å². The molecule has 3 unspecified atom stereocenters. The van der Waals surface area contributed by atoms with Crippen LogP contribution in [0.5, 0.6) is 11.5 Å². The normalized spacial score (nSPS) is 13.8. The molecule has 232 valence electrons. The number of unbranched alkanes of at least 4 members (excludes halogenated alkanes) is 2. The minimum atomic E-state index is -0.783. The highest BCUT2D eigenvalue weighted by molar-refractivity contribution is 5.77. The number of hydrogen-bond acceptors (Lipinski definition) is 10. The number of methoxy groups -OCH3 is 1. The van der Waals surface area contributed by atoms with Gasteiger partial charge in [-0.05, 0) is 49.3 Å². The number of esters is 3. The molecule has 0 bridgehead atoms. The maximum Gasteiger partial charge on any atom is 0.508 e. The van der Waals surface area contributed by atoms with Gasteiger partial charge in [-0.1, -0.05) is 66.4 Å². The Balaban J connectivity index is 2.99. The second-order valence-corrected chi connectivity index (χ2v) is 10.6. The average Bonchev–Trinajstić information content (AvgIpc) is 2.93. The Kier molecular flexibility index (Phi) is 17.4. The topological polar surface area (TPSA) is 126 Å². The standard InChI is InChI=1S/C31H49NO9/c1-8-11-12-15-38-31(36)39-23(6)20-32-25(30(35)37-7)18-24-13-14-26(40-28(33)16-21(4)9-2)27(19-24)41-29(34)17-22(5)10-3/h13-14,19,21-23,25,32H,8-12,15-18,20H2,1-7H3/t21?,22?,23?,25-/m0/s1. The van der Waals surface area contributed by atoms with Crippen LogP contribution in [0.2, 0.25) is 0 Å². The quantitative estimate of drug-likeness (QED) is 0.122. The van der Waals surface area contributed by atoms with E-state index in [-0.39, 0.29) is 49.1 Å². The second-order valence-electron chi connectivity index (χ2n) is 10.6. The first-order valence-corrected chi connectivity index (χ1v) is 14.7. The van der Waals surface area contributed by atoms with Gasteiger partial charge in [0.05, 0.1) is 13.7 Å². The Hall–Kier alpha value is -3.14. The predicted molar refractivity (Wildman–Crippen MR) is 155 cm³/mol. The van der Waals surface area contributed by atoms with E-state index in [9.17, 15) is 19.2 Å². The van der Waals surface area contributed by atoms with E-state index in [1.807, 2.05) is 27.7 Å². The number of carbonyl (C=O) groups excluding carboxylic acids is 4. The van der Waals surface area contributed by atoms with Gasteiger partial charge in [0, 0.05) is 19.4 Å². The number of ether oxygens (including phenoxy) is 5. The summed E-state index contributed by atoms with van der Waals surface area (Å²) < 4.78 is 26.5. The first kappa shape index (κ1) is 35.9. The van der Waals surface area contributed by atoms with Gasteiger partial charge in [-0.15, -0.1) is 0 Å². The summed E-state index contributed by atoms with van der Waals surface area (Å²) in [6.07, 6.45) is 3.70. The van der Waals surface area contributed by atoms with Gasteiger partial charge < -0.3 is 29.0 Å². The number of nitrogens with one attached hydrogen (secondary N) is 1. The molecular weight excluding hydrogens is 530 g/mol. The summed E-state index contributed by atoms with van der Waals surface area (Å²) >= 11 is 0. The van der Waals surface area contributed by atoms with E-state index in [0.717, 1.165) is 32.1 Å². The summed E-state index contributed by atoms with van der Waals surface area (Å²) in [6, 6.07) is 4.06. The highest BCUT2D eigenvalue weighted by Crippen LogP contribution is 2.31. The van der Waals surface area contributed by atoms with Crippen LogP contribution in [0.25, 0.3) is 0 Å². The molecule has 10 heteroatoms. The zero-order chi connectivity index (χ0) is 30.8. The van der Waals surface area contributed by atoms with E-state index >= 15 is 0 Å². The van der Waals surface area contributed by atoms with Crippen molar-refractivity contribution in [2.24, 2.45) is 11.8 Å². The molecule has 0 aliphatic carbocycles. The predicted octanol–water partition coefficient (Wildman–Crippen LogP) is 5.78. The van der Waals surface area contributed by atoms with E-state index in [2.05, 4.69) is 12.2 Å². The molecule has 0 radical (unpaired) electrons. The molecule has 41 heavy (non-hydrogen) atoms. The number of rotatable bonds is 19. The molecule has 10 nitrogen and oxygen atoms in total. The Bertz CT molecular complexity index is 965. The van der Waals surface area contributed by atoms with Gasteiger partial charge in [-0.25, -0.2) is 4.79 Å². The van der Waals surface area contributed by atoms with E-state index in [1.165, 1.54) is 7.11 Å². The van der Waals surface area contributed by atoms with Crippen molar-refractivity contribution in [3.63, 3.8) is 0 Å². The van der Waals surface area contributed by atoms with Crippen LogP contribution >= 0.6 is 0 Å². The highest BCUT2D eigenvalue weighted by Gasteiger charge is 2.23. The van der Waals surface area contributed by atoms with Gasteiger partial charge in [-0.2, -0.15) is 0 Å². The van der Waals surface area contributed by atoms with Crippen LogP contribution < -0.4 is 14.8 Å². The molecule has 0 spiro atoms. The van der Waals surface area contributed by atoms with E-state index in [4.69, 9.17) is 23.7 Å². The monoisotopic (exact) mass is 579 g/mol. The SMILES string of the molecule is CCCCCOC(=O)OC(C)CN[C@@H](Cc1ccc(OC(=O)CC(C)CC)c(OC(=O)CC(C)CC)c1)C(=O)OC. The Labute approximate surface area is 244 Å². The fourth-order valence-corrected chi connectivity index (χ4v) is 3.70.